The van der Waals surface area contributed by atoms with Gasteiger partial charge in [0.1, 0.15) is 17.0 Å². The molecule has 154 valence electrons. The Morgan fingerprint density at radius 2 is 1.89 bits per heavy atom. The molecule has 0 aliphatic heterocycles. The molecule has 0 aromatic heterocycles. The number of carbonyl (C=O) groups excluding carboxylic acids is 2. The molecule has 0 saturated heterocycles. The van der Waals surface area contributed by atoms with Crippen molar-refractivity contribution in [3.63, 3.8) is 0 Å². The van der Waals surface area contributed by atoms with Crippen molar-refractivity contribution in [2.24, 2.45) is 11.7 Å². The third-order valence-electron chi connectivity index (χ3n) is 3.92. The Balaban J connectivity index is 1.89. The van der Waals surface area contributed by atoms with E-state index in [1.165, 1.54) is 6.07 Å². The van der Waals surface area contributed by atoms with Gasteiger partial charge in [0.05, 0.1) is 12.3 Å². The average Bonchev–Trinajstić information content (AvgIpc) is 3.39. The molecule has 1 aliphatic rings. The summed E-state index contributed by atoms with van der Waals surface area (Å²) < 4.78 is 11.0. The van der Waals surface area contributed by atoms with Gasteiger partial charge < -0.3 is 31.6 Å². The highest BCUT2D eigenvalue weighted by Gasteiger charge is 2.23. The minimum absolute atomic E-state index is 0.311. The second kappa shape index (κ2) is 9.34. The molecule has 2 rings (SSSR count). The van der Waals surface area contributed by atoms with Gasteiger partial charge in [-0.1, -0.05) is 12.2 Å². The Hall–Kier alpha value is -2.90. The number of primary amides is 1. The average molecular weight is 390 g/mol. The van der Waals surface area contributed by atoms with Crippen LogP contribution in [0.15, 0.2) is 24.3 Å². The number of carbonyl (C=O) groups is 2. The van der Waals surface area contributed by atoms with E-state index < -0.39 is 17.6 Å². The fourth-order valence-electron chi connectivity index (χ4n) is 2.36. The maximum absolute atomic E-state index is 11.6. The first-order valence-electron chi connectivity index (χ1n) is 9.37. The fourth-order valence-corrected chi connectivity index (χ4v) is 2.36. The third-order valence-corrected chi connectivity index (χ3v) is 3.92. The molecule has 2 amide bonds. The zero-order valence-electron chi connectivity index (χ0n) is 16.7. The highest BCUT2D eigenvalue weighted by Crippen LogP contribution is 2.35. The number of ether oxygens (including phenoxy) is 2. The molecule has 0 heterocycles. The Bertz CT molecular complexity index is 736. The van der Waals surface area contributed by atoms with Crippen molar-refractivity contribution in [1.82, 2.24) is 5.32 Å². The normalized spacial score (nSPS) is 14.0. The maximum atomic E-state index is 11.6. The van der Waals surface area contributed by atoms with Crippen LogP contribution in [0.4, 0.5) is 16.2 Å². The first-order chi connectivity index (χ1) is 13.2. The van der Waals surface area contributed by atoms with Crippen LogP contribution in [0.1, 0.15) is 44.0 Å². The van der Waals surface area contributed by atoms with E-state index in [-0.39, 0.29) is 0 Å². The topological polar surface area (TPSA) is 129 Å². The van der Waals surface area contributed by atoms with Crippen LogP contribution in [-0.2, 0) is 4.74 Å². The minimum Gasteiger partial charge on any atom is -0.491 e. The lowest BCUT2D eigenvalue weighted by atomic mass is 10.1. The van der Waals surface area contributed by atoms with E-state index in [1.807, 2.05) is 26.8 Å². The van der Waals surface area contributed by atoms with Crippen molar-refractivity contribution in [1.29, 1.82) is 0 Å². The van der Waals surface area contributed by atoms with Crippen LogP contribution in [0.2, 0.25) is 0 Å². The summed E-state index contributed by atoms with van der Waals surface area (Å²) in [6.45, 7) is 6.83. The summed E-state index contributed by atoms with van der Waals surface area (Å²) in [5, 5.41) is 5.83. The van der Waals surface area contributed by atoms with Gasteiger partial charge >= 0.3 is 6.09 Å². The van der Waals surface area contributed by atoms with Crippen molar-refractivity contribution in [2.75, 3.05) is 30.7 Å². The van der Waals surface area contributed by atoms with E-state index in [0.29, 0.717) is 48.3 Å². The first kappa shape index (κ1) is 21.4. The summed E-state index contributed by atoms with van der Waals surface area (Å²) in [6.07, 6.45) is 5.49. The van der Waals surface area contributed by atoms with Gasteiger partial charge in [-0.2, -0.15) is 0 Å². The second-order valence-corrected chi connectivity index (χ2v) is 7.79. The highest BCUT2D eigenvalue weighted by atomic mass is 16.6. The Morgan fingerprint density at radius 1 is 1.21 bits per heavy atom. The molecule has 0 unspecified atom stereocenters. The van der Waals surface area contributed by atoms with E-state index in [0.717, 1.165) is 12.8 Å². The van der Waals surface area contributed by atoms with Crippen LogP contribution in [0.5, 0.6) is 5.75 Å². The number of anilines is 2. The number of nitrogens with two attached hydrogens (primary N) is 2. The fraction of sp³-hybridized carbons (Fsp3) is 0.500. The molecule has 6 N–H and O–H groups in total. The molecule has 28 heavy (non-hydrogen) atoms. The molecule has 8 heteroatoms. The molecule has 8 nitrogen and oxygen atoms in total. The predicted molar refractivity (Wildman–Crippen MR) is 109 cm³/mol. The zero-order chi connectivity index (χ0) is 20.7. The van der Waals surface area contributed by atoms with Crippen LogP contribution in [0, 0.1) is 5.92 Å². The van der Waals surface area contributed by atoms with Gasteiger partial charge in [0.2, 0.25) is 5.91 Å². The second-order valence-electron chi connectivity index (χ2n) is 7.79. The van der Waals surface area contributed by atoms with E-state index in [9.17, 15) is 9.59 Å². The van der Waals surface area contributed by atoms with Crippen LogP contribution in [0.25, 0.3) is 0 Å². The third kappa shape index (κ3) is 7.38. The monoisotopic (exact) mass is 390 g/mol. The Kier molecular flexibility index (Phi) is 7.14. The molecule has 0 radical (unpaired) electrons. The van der Waals surface area contributed by atoms with Crippen molar-refractivity contribution in [2.45, 2.75) is 39.2 Å². The zero-order valence-corrected chi connectivity index (χ0v) is 16.7. The maximum Gasteiger partial charge on any atom is 0.407 e. The lowest BCUT2D eigenvalue weighted by Crippen LogP contribution is -2.32. The standard InChI is InChI=1S/C20H30N4O4/c1-20(2,3)28-19(26)24-9-5-4-8-23-17-15(21)10-14(18(22)25)11-16(17)27-12-13-6-7-13/h4-5,10-11,13,23H,6-9,12,21H2,1-3H3,(H2,22,25)(H,24,26)/b5-4+. The lowest BCUT2D eigenvalue weighted by molar-refractivity contribution is 0.0534. The van der Waals surface area contributed by atoms with E-state index in [2.05, 4.69) is 10.6 Å². The van der Waals surface area contributed by atoms with Crippen LogP contribution in [-0.4, -0.2) is 37.3 Å². The van der Waals surface area contributed by atoms with Crippen molar-refractivity contribution in [3.8, 4) is 5.75 Å². The van der Waals surface area contributed by atoms with E-state index in [4.69, 9.17) is 20.9 Å². The molecule has 1 fully saturated rings. The number of nitrogens with one attached hydrogen (secondary N) is 2. The number of hydrogen-bond donors (Lipinski definition) is 4. The van der Waals surface area contributed by atoms with E-state index in [1.54, 1.807) is 12.1 Å². The first-order valence-corrected chi connectivity index (χ1v) is 9.37. The minimum atomic E-state index is -0.553. The SMILES string of the molecule is CC(C)(C)OC(=O)NC/C=C/CNc1c(N)cc(C(N)=O)cc1OCC1CC1. The molecule has 1 saturated carbocycles. The molecular formula is C20H30N4O4. The lowest BCUT2D eigenvalue weighted by Gasteiger charge is -2.19. The summed E-state index contributed by atoms with van der Waals surface area (Å²) in [6, 6.07) is 3.14. The number of amides is 2. The van der Waals surface area contributed by atoms with Gasteiger partial charge in [0, 0.05) is 18.7 Å². The van der Waals surface area contributed by atoms with Gasteiger partial charge in [-0.15, -0.1) is 0 Å². The van der Waals surface area contributed by atoms with Crippen LogP contribution >= 0.6 is 0 Å². The summed E-state index contributed by atoms with van der Waals surface area (Å²) in [5.74, 6) is 0.522. The molecule has 0 atom stereocenters. The molecular weight excluding hydrogens is 360 g/mol. The number of hydrogen-bond acceptors (Lipinski definition) is 6. The number of benzene rings is 1. The summed E-state index contributed by atoms with van der Waals surface area (Å²) in [4.78, 5) is 23.0. The quantitative estimate of drug-likeness (QED) is 0.379. The molecule has 1 aliphatic carbocycles. The van der Waals surface area contributed by atoms with E-state index >= 15 is 0 Å². The largest absolute Gasteiger partial charge is 0.491 e. The van der Waals surface area contributed by atoms with Gasteiger partial charge in [0.25, 0.3) is 0 Å². The molecule has 0 bridgehead atoms. The van der Waals surface area contributed by atoms with Gasteiger partial charge in [-0.25, -0.2) is 4.79 Å². The highest BCUT2D eigenvalue weighted by molar-refractivity contribution is 5.96. The Labute approximate surface area is 165 Å². The van der Waals surface area contributed by atoms with Crippen LogP contribution in [0.3, 0.4) is 0 Å². The van der Waals surface area contributed by atoms with Gasteiger partial charge in [0.15, 0.2) is 0 Å². The summed E-state index contributed by atoms with van der Waals surface area (Å²) in [5.41, 5.74) is 12.2. The van der Waals surface area contributed by atoms with Crippen LogP contribution < -0.4 is 26.8 Å². The summed E-state index contributed by atoms with van der Waals surface area (Å²) >= 11 is 0. The number of rotatable bonds is 9. The van der Waals surface area contributed by atoms with Gasteiger partial charge in [-0.3, -0.25) is 4.79 Å². The Morgan fingerprint density at radius 3 is 2.50 bits per heavy atom. The molecule has 1 aromatic rings. The van der Waals surface area contributed by atoms with Crippen molar-refractivity contribution < 1.29 is 19.1 Å². The van der Waals surface area contributed by atoms with Crippen molar-refractivity contribution in [3.05, 3.63) is 29.8 Å². The number of nitrogen functional groups attached to an aromatic ring is 1. The summed E-state index contributed by atoms with van der Waals surface area (Å²) in [7, 11) is 0. The van der Waals surface area contributed by atoms with Gasteiger partial charge in [-0.05, 0) is 51.7 Å². The smallest absolute Gasteiger partial charge is 0.407 e. The van der Waals surface area contributed by atoms with Crippen molar-refractivity contribution >= 4 is 23.4 Å². The predicted octanol–water partition coefficient (Wildman–Crippen LogP) is 2.65. The molecule has 1 aromatic carbocycles. The number of alkyl carbamates (subject to hydrolysis) is 1. The molecule has 0 spiro atoms.